The third-order valence-corrected chi connectivity index (χ3v) is 9.10. The molecule has 1 aliphatic rings. The number of rotatable bonds is 10. The van der Waals surface area contributed by atoms with Crippen LogP contribution in [-0.2, 0) is 0 Å². The molecule has 3 amide bonds. The Labute approximate surface area is 261 Å². The van der Waals surface area contributed by atoms with Gasteiger partial charge in [0, 0.05) is 29.1 Å². The van der Waals surface area contributed by atoms with Gasteiger partial charge in [0.2, 0.25) is 0 Å². The lowest BCUT2D eigenvalue weighted by molar-refractivity contribution is 0.102. The summed E-state index contributed by atoms with van der Waals surface area (Å²) in [7, 11) is 1.47. The van der Waals surface area contributed by atoms with Crippen LogP contribution in [0.25, 0.3) is 21.1 Å². The zero-order valence-corrected chi connectivity index (χ0v) is 25.8. The van der Waals surface area contributed by atoms with Crippen LogP contribution >= 0.6 is 22.7 Å². The van der Waals surface area contributed by atoms with Crippen LogP contribution in [0.2, 0.25) is 0 Å². The zero-order valence-electron chi connectivity index (χ0n) is 24.1. The number of benzene rings is 2. The van der Waals surface area contributed by atoms with Gasteiger partial charge < -0.3 is 26.0 Å². The maximum Gasteiger partial charge on any atom is 0.321 e. The minimum atomic E-state index is -0.930. The molecule has 14 heteroatoms. The summed E-state index contributed by atoms with van der Waals surface area (Å²) >= 11 is 2.34. The number of halogens is 2. The maximum atomic E-state index is 14.9. The van der Waals surface area contributed by atoms with Gasteiger partial charge in [-0.05, 0) is 63.2 Å². The maximum absolute atomic E-state index is 14.9. The number of hydrogen-bond donors (Lipinski definition) is 4. The normalized spacial score (nSPS) is 13.7. The van der Waals surface area contributed by atoms with E-state index in [0.29, 0.717) is 33.4 Å². The van der Waals surface area contributed by atoms with E-state index in [4.69, 9.17) is 10.5 Å². The number of urea groups is 1. The van der Waals surface area contributed by atoms with Crippen LogP contribution in [0.3, 0.4) is 0 Å². The number of carbonyl (C=O) groups excluding carboxylic acids is 2. The first-order chi connectivity index (χ1) is 21.3. The number of methoxy groups -OCH3 is 1. The summed E-state index contributed by atoms with van der Waals surface area (Å²) in [6.07, 6.45) is 5.88. The molecule has 2 aromatic carbocycles. The third-order valence-electron chi connectivity index (χ3n) is 7.12. The summed E-state index contributed by atoms with van der Waals surface area (Å²) in [4.78, 5) is 36.8. The number of aromatic nitrogens is 2. The molecule has 10 nitrogen and oxygen atoms in total. The number of nitrogens with zero attached hydrogens (tertiary/aromatic N) is 3. The quantitative estimate of drug-likeness (QED) is 0.146. The first-order valence-electron chi connectivity index (χ1n) is 14.2. The Morgan fingerprint density at radius 3 is 2.61 bits per heavy atom. The van der Waals surface area contributed by atoms with Gasteiger partial charge in [0.25, 0.3) is 5.91 Å². The highest BCUT2D eigenvalue weighted by atomic mass is 32.1. The van der Waals surface area contributed by atoms with E-state index >= 15 is 0 Å². The second kappa shape index (κ2) is 14.6. The lowest BCUT2D eigenvalue weighted by atomic mass is 10.1. The molecule has 232 valence electrons. The van der Waals surface area contributed by atoms with Gasteiger partial charge in [-0.1, -0.05) is 30.2 Å². The number of amides is 3. The molecule has 0 saturated carbocycles. The van der Waals surface area contributed by atoms with Gasteiger partial charge in [-0.3, -0.25) is 10.1 Å². The van der Waals surface area contributed by atoms with Crippen LogP contribution in [0, 0.1) is 11.6 Å². The Kier molecular flexibility index (Phi) is 10.4. The van der Waals surface area contributed by atoms with Crippen LogP contribution in [0.4, 0.5) is 30.2 Å². The smallest absolute Gasteiger partial charge is 0.321 e. The summed E-state index contributed by atoms with van der Waals surface area (Å²) in [6, 6.07) is 7.89. The SMILES string of the molecule is COc1cccc(C(=O)Nc2cc(-c3csc(-c4sc(NC(=O)NCCCN5CCCCCC5)nc4N)n3)c(F)cc2F)c1. The largest absolute Gasteiger partial charge is 0.497 e. The molecule has 1 saturated heterocycles. The summed E-state index contributed by atoms with van der Waals surface area (Å²) in [5.74, 6) is -1.73. The zero-order chi connectivity index (χ0) is 31.1. The van der Waals surface area contributed by atoms with Crippen molar-refractivity contribution in [3.63, 3.8) is 0 Å². The lowest BCUT2D eigenvalue weighted by Crippen LogP contribution is -2.32. The Hall–Kier alpha value is -4.14. The first kappa shape index (κ1) is 31.3. The van der Waals surface area contributed by atoms with Crippen molar-refractivity contribution in [3.8, 4) is 26.9 Å². The minimum absolute atomic E-state index is 0.00386. The van der Waals surface area contributed by atoms with E-state index in [0.717, 1.165) is 37.4 Å². The Morgan fingerprint density at radius 1 is 1.05 bits per heavy atom. The molecule has 2 aromatic heterocycles. The number of hydrogen-bond acceptors (Lipinski definition) is 9. The second-order valence-corrected chi connectivity index (χ2v) is 12.1. The molecule has 5 N–H and O–H groups in total. The van der Waals surface area contributed by atoms with Crippen molar-refractivity contribution in [1.29, 1.82) is 0 Å². The Balaban J connectivity index is 1.22. The number of ether oxygens (including phenoxy) is 1. The van der Waals surface area contributed by atoms with E-state index in [9.17, 15) is 18.4 Å². The fourth-order valence-electron chi connectivity index (χ4n) is 4.85. The van der Waals surface area contributed by atoms with Crippen molar-refractivity contribution in [2.75, 3.05) is 49.7 Å². The van der Waals surface area contributed by atoms with Crippen LogP contribution in [0.15, 0.2) is 41.8 Å². The predicted molar refractivity (Wildman–Crippen MR) is 170 cm³/mol. The number of anilines is 3. The molecule has 1 aliphatic heterocycles. The van der Waals surface area contributed by atoms with Crippen molar-refractivity contribution in [1.82, 2.24) is 20.2 Å². The van der Waals surface area contributed by atoms with Gasteiger partial charge in [-0.2, -0.15) is 0 Å². The average molecular weight is 642 g/mol. The van der Waals surface area contributed by atoms with Gasteiger partial charge in [0.1, 0.15) is 33.1 Å². The number of nitrogens with one attached hydrogen (secondary N) is 3. The molecule has 0 bridgehead atoms. The van der Waals surface area contributed by atoms with Crippen LogP contribution in [0.5, 0.6) is 5.75 Å². The molecular formula is C30H33F2N7O3S2. The van der Waals surface area contributed by atoms with Crippen molar-refractivity contribution in [2.45, 2.75) is 32.1 Å². The van der Waals surface area contributed by atoms with Crippen molar-refractivity contribution in [3.05, 3.63) is 59.0 Å². The van der Waals surface area contributed by atoms with E-state index in [1.54, 1.807) is 23.6 Å². The molecule has 0 spiro atoms. The van der Waals surface area contributed by atoms with Crippen LogP contribution < -0.4 is 26.4 Å². The van der Waals surface area contributed by atoms with Gasteiger partial charge in [-0.15, -0.1) is 11.3 Å². The number of likely N-dealkylation sites (tertiary alicyclic amines) is 1. The number of carbonyl (C=O) groups is 2. The fourth-order valence-corrected chi connectivity index (χ4v) is 6.65. The molecule has 0 unspecified atom stereocenters. The molecule has 0 aliphatic carbocycles. The second-order valence-electron chi connectivity index (χ2n) is 10.3. The number of nitrogens with two attached hydrogens (primary N) is 1. The van der Waals surface area contributed by atoms with Gasteiger partial charge in [0.05, 0.1) is 18.5 Å². The van der Waals surface area contributed by atoms with E-state index in [-0.39, 0.29) is 34.4 Å². The molecule has 4 aromatic rings. The standard InChI is InChI=1S/C30H33F2N7O3S2/c1-42-19-9-6-8-18(14-19)27(40)35-23-15-20(21(31)16-22(23)32)24-17-43-28(36-24)25-26(33)37-30(44-25)38-29(41)34-10-7-13-39-11-4-2-3-5-12-39/h6,8-9,14-17H,2-5,7,10-13,33H2,1H3,(H,35,40)(H2,34,37,38,41). The Morgan fingerprint density at radius 2 is 1.84 bits per heavy atom. The van der Waals surface area contributed by atoms with Gasteiger partial charge >= 0.3 is 6.03 Å². The van der Waals surface area contributed by atoms with Crippen molar-refractivity contribution < 1.29 is 23.1 Å². The number of nitrogen functional groups attached to an aromatic ring is 1. The van der Waals surface area contributed by atoms with Crippen LogP contribution in [-0.4, -0.2) is 60.1 Å². The molecular weight excluding hydrogens is 609 g/mol. The topological polar surface area (TPSA) is 134 Å². The van der Waals surface area contributed by atoms with E-state index in [1.807, 2.05) is 0 Å². The third kappa shape index (κ3) is 7.87. The van der Waals surface area contributed by atoms with Crippen molar-refractivity contribution in [2.24, 2.45) is 0 Å². The number of thiazole rings is 2. The predicted octanol–water partition coefficient (Wildman–Crippen LogP) is 6.44. The Bertz CT molecular complexity index is 1620. The summed E-state index contributed by atoms with van der Waals surface area (Å²) < 4.78 is 34.6. The van der Waals surface area contributed by atoms with E-state index < -0.39 is 17.5 Å². The minimum Gasteiger partial charge on any atom is -0.497 e. The molecule has 1 fully saturated rings. The monoisotopic (exact) mass is 641 g/mol. The summed E-state index contributed by atoms with van der Waals surface area (Å²) in [6.45, 7) is 3.71. The molecule has 3 heterocycles. The highest BCUT2D eigenvalue weighted by molar-refractivity contribution is 7.23. The van der Waals surface area contributed by atoms with Crippen molar-refractivity contribution >= 4 is 51.2 Å². The first-order valence-corrected chi connectivity index (χ1v) is 15.9. The van der Waals surface area contributed by atoms with Crippen LogP contribution in [0.1, 0.15) is 42.5 Å². The fraction of sp³-hybridized carbons (Fsp3) is 0.333. The highest BCUT2D eigenvalue weighted by Gasteiger charge is 2.20. The lowest BCUT2D eigenvalue weighted by Gasteiger charge is -2.19. The molecule has 5 rings (SSSR count). The van der Waals surface area contributed by atoms with E-state index in [2.05, 4.69) is 30.8 Å². The summed E-state index contributed by atoms with van der Waals surface area (Å²) in [5.41, 5.74) is 6.39. The molecule has 0 radical (unpaired) electrons. The van der Waals surface area contributed by atoms with Gasteiger partial charge in [0.15, 0.2) is 5.13 Å². The van der Waals surface area contributed by atoms with E-state index in [1.165, 1.54) is 56.3 Å². The highest BCUT2D eigenvalue weighted by Crippen LogP contribution is 2.39. The molecule has 44 heavy (non-hydrogen) atoms. The molecule has 0 atom stereocenters. The van der Waals surface area contributed by atoms with Gasteiger partial charge in [-0.25, -0.2) is 23.5 Å². The summed E-state index contributed by atoms with van der Waals surface area (Å²) in [5, 5.41) is 10.4. The average Bonchev–Trinajstić information content (AvgIpc) is 3.54.